The summed E-state index contributed by atoms with van der Waals surface area (Å²) in [5.41, 5.74) is 5.06. The van der Waals surface area contributed by atoms with Crippen molar-refractivity contribution in [2.24, 2.45) is 5.10 Å². The summed E-state index contributed by atoms with van der Waals surface area (Å²) in [5, 5.41) is 4.00. The molecule has 3 rings (SSSR count). The summed E-state index contributed by atoms with van der Waals surface area (Å²) in [4.78, 5) is 12.0. The van der Waals surface area contributed by atoms with Crippen LogP contribution in [-0.2, 0) is 0 Å². The molecule has 0 unspecified atom stereocenters. The monoisotopic (exact) mass is 367 g/mol. The van der Waals surface area contributed by atoms with Crippen molar-refractivity contribution in [2.45, 2.75) is 0 Å². The molecule has 0 aliphatic heterocycles. The molecule has 0 saturated heterocycles. The van der Waals surface area contributed by atoms with Gasteiger partial charge in [0.25, 0.3) is 5.91 Å². The number of hydrogen-bond donors (Lipinski definition) is 1. The third-order valence-electron chi connectivity index (χ3n) is 3.24. The minimum Gasteiger partial charge on any atom is -0.323 e. The summed E-state index contributed by atoms with van der Waals surface area (Å²) < 4.78 is 2.85. The fraction of sp³-hybridized carbons (Fsp3) is 0. The lowest BCUT2D eigenvalue weighted by Gasteiger charge is -2.00. The minimum atomic E-state index is -0.245. The second-order valence-corrected chi connectivity index (χ2v) is 5.81. The number of nitrogens with one attached hydrogen (secondary N) is 1. The van der Waals surface area contributed by atoms with E-state index in [2.05, 4.69) is 26.5 Å². The number of aromatic nitrogens is 1. The molecule has 4 nitrogen and oxygen atoms in total. The van der Waals surface area contributed by atoms with Gasteiger partial charge in [-0.3, -0.25) is 4.79 Å². The number of benzene rings is 2. The number of amides is 1. The van der Waals surface area contributed by atoms with Crippen LogP contribution < -0.4 is 5.43 Å². The van der Waals surface area contributed by atoms with E-state index in [0.717, 1.165) is 15.7 Å². The van der Waals surface area contributed by atoms with Gasteiger partial charge in [0.05, 0.1) is 6.21 Å². The SMILES string of the molecule is O=C(N/N=C\c1ccn(-c2ccccc2)c1)c1cccc(Br)c1. The van der Waals surface area contributed by atoms with E-state index in [1.807, 2.05) is 65.5 Å². The van der Waals surface area contributed by atoms with Crippen LogP contribution in [0.25, 0.3) is 5.69 Å². The average Bonchev–Trinajstić information content (AvgIpc) is 3.04. The zero-order valence-corrected chi connectivity index (χ0v) is 13.8. The average molecular weight is 368 g/mol. The smallest absolute Gasteiger partial charge is 0.271 e. The van der Waals surface area contributed by atoms with Crippen molar-refractivity contribution in [2.75, 3.05) is 0 Å². The summed E-state index contributed by atoms with van der Waals surface area (Å²) in [6.45, 7) is 0. The van der Waals surface area contributed by atoms with Gasteiger partial charge in [-0.25, -0.2) is 5.43 Å². The molecule has 0 bridgehead atoms. The van der Waals surface area contributed by atoms with Crippen LogP contribution in [0.3, 0.4) is 0 Å². The normalized spacial score (nSPS) is 10.8. The molecular weight excluding hydrogens is 354 g/mol. The van der Waals surface area contributed by atoms with Crippen molar-refractivity contribution in [1.82, 2.24) is 9.99 Å². The van der Waals surface area contributed by atoms with Crippen LogP contribution in [0.5, 0.6) is 0 Å². The highest BCUT2D eigenvalue weighted by Gasteiger charge is 2.03. The summed E-state index contributed by atoms with van der Waals surface area (Å²) in [5.74, 6) is -0.245. The highest BCUT2D eigenvalue weighted by Crippen LogP contribution is 2.11. The molecule has 2 aromatic carbocycles. The quantitative estimate of drug-likeness (QED) is 0.549. The van der Waals surface area contributed by atoms with E-state index < -0.39 is 0 Å². The Bertz CT molecular complexity index is 840. The molecular formula is C18H14BrN3O. The third-order valence-corrected chi connectivity index (χ3v) is 3.73. The number of rotatable bonds is 4. The van der Waals surface area contributed by atoms with Gasteiger partial charge in [0.15, 0.2) is 0 Å². The molecule has 0 radical (unpaired) electrons. The third kappa shape index (κ3) is 3.96. The van der Waals surface area contributed by atoms with E-state index >= 15 is 0 Å². The van der Waals surface area contributed by atoms with Crippen molar-refractivity contribution in [3.63, 3.8) is 0 Å². The summed E-state index contributed by atoms with van der Waals surface area (Å²) >= 11 is 3.34. The summed E-state index contributed by atoms with van der Waals surface area (Å²) in [7, 11) is 0. The number of hydrazone groups is 1. The number of carbonyl (C=O) groups is 1. The second-order valence-electron chi connectivity index (χ2n) is 4.90. The van der Waals surface area contributed by atoms with E-state index in [9.17, 15) is 4.79 Å². The molecule has 1 N–H and O–H groups in total. The Morgan fingerprint density at radius 2 is 1.91 bits per heavy atom. The number of halogens is 1. The van der Waals surface area contributed by atoms with Gasteiger partial charge < -0.3 is 4.57 Å². The molecule has 1 heterocycles. The van der Waals surface area contributed by atoms with Crippen LogP contribution in [0.2, 0.25) is 0 Å². The standard InChI is InChI=1S/C18H14BrN3O/c19-16-6-4-5-15(11-16)18(23)21-20-12-14-9-10-22(13-14)17-7-2-1-3-8-17/h1-13H,(H,21,23)/b20-12-. The van der Waals surface area contributed by atoms with Crippen LogP contribution in [0, 0.1) is 0 Å². The molecule has 0 atom stereocenters. The molecule has 0 aliphatic rings. The zero-order valence-electron chi connectivity index (χ0n) is 12.2. The number of carbonyl (C=O) groups excluding carboxylic acids is 1. The zero-order chi connectivity index (χ0) is 16.1. The first kappa shape index (κ1) is 15.2. The predicted octanol–water partition coefficient (Wildman–Crippen LogP) is 4.00. The van der Waals surface area contributed by atoms with Gasteiger partial charge in [-0.15, -0.1) is 0 Å². The van der Waals surface area contributed by atoms with E-state index in [1.54, 1.807) is 18.3 Å². The molecule has 0 fully saturated rings. The predicted molar refractivity (Wildman–Crippen MR) is 95.0 cm³/mol. The van der Waals surface area contributed by atoms with Crippen molar-refractivity contribution in [1.29, 1.82) is 0 Å². The first-order chi connectivity index (χ1) is 11.2. The molecule has 0 saturated carbocycles. The van der Waals surface area contributed by atoms with Gasteiger partial charge in [-0.1, -0.05) is 40.2 Å². The van der Waals surface area contributed by atoms with Gasteiger partial charge in [0.2, 0.25) is 0 Å². The fourth-order valence-corrected chi connectivity index (χ4v) is 2.51. The number of hydrogen-bond acceptors (Lipinski definition) is 2. The number of nitrogens with zero attached hydrogens (tertiary/aromatic N) is 2. The fourth-order valence-electron chi connectivity index (χ4n) is 2.11. The molecule has 23 heavy (non-hydrogen) atoms. The van der Waals surface area contributed by atoms with Crippen LogP contribution in [0.4, 0.5) is 0 Å². The van der Waals surface area contributed by atoms with Crippen molar-refractivity contribution < 1.29 is 4.79 Å². The highest BCUT2D eigenvalue weighted by atomic mass is 79.9. The van der Waals surface area contributed by atoms with Gasteiger partial charge in [0.1, 0.15) is 0 Å². The van der Waals surface area contributed by atoms with Gasteiger partial charge in [-0.05, 0) is 36.4 Å². The second kappa shape index (κ2) is 7.07. The van der Waals surface area contributed by atoms with E-state index in [-0.39, 0.29) is 5.91 Å². The maximum atomic E-state index is 12.0. The Hall–Kier alpha value is -2.66. The Kier molecular flexibility index (Phi) is 4.68. The molecule has 1 amide bonds. The van der Waals surface area contributed by atoms with Crippen LogP contribution in [0.15, 0.2) is 82.6 Å². The molecule has 0 aliphatic carbocycles. The van der Waals surface area contributed by atoms with Crippen molar-refractivity contribution >= 4 is 28.1 Å². The first-order valence-corrected chi connectivity index (χ1v) is 7.84. The largest absolute Gasteiger partial charge is 0.323 e. The van der Waals surface area contributed by atoms with Crippen LogP contribution >= 0.6 is 15.9 Å². The summed E-state index contributed by atoms with van der Waals surface area (Å²) in [6.07, 6.45) is 5.52. The molecule has 0 spiro atoms. The van der Waals surface area contributed by atoms with Crippen molar-refractivity contribution in [3.8, 4) is 5.69 Å². The summed E-state index contributed by atoms with van der Waals surface area (Å²) in [6, 6.07) is 19.1. The Morgan fingerprint density at radius 1 is 1.09 bits per heavy atom. The molecule has 114 valence electrons. The maximum absolute atomic E-state index is 12.0. The first-order valence-electron chi connectivity index (χ1n) is 7.05. The molecule has 5 heteroatoms. The van der Waals surface area contributed by atoms with E-state index in [1.165, 1.54) is 0 Å². The maximum Gasteiger partial charge on any atom is 0.271 e. The molecule has 3 aromatic rings. The lowest BCUT2D eigenvalue weighted by atomic mass is 10.2. The Balaban J connectivity index is 1.65. The van der Waals surface area contributed by atoms with E-state index in [4.69, 9.17) is 0 Å². The molecule has 1 aromatic heterocycles. The van der Waals surface area contributed by atoms with Crippen molar-refractivity contribution in [3.05, 3.63) is 88.7 Å². The lowest BCUT2D eigenvalue weighted by Crippen LogP contribution is -2.17. The Morgan fingerprint density at radius 3 is 2.70 bits per heavy atom. The highest BCUT2D eigenvalue weighted by molar-refractivity contribution is 9.10. The van der Waals surface area contributed by atoms with Crippen LogP contribution in [0.1, 0.15) is 15.9 Å². The van der Waals surface area contributed by atoms with Gasteiger partial charge in [-0.2, -0.15) is 5.10 Å². The van der Waals surface area contributed by atoms with Gasteiger partial charge >= 0.3 is 0 Å². The van der Waals surface area contributed by atoms with Gasteiger partial charge in [0, 0.05) is 33.7 Å². The number of para-hydroxylation sites is 1. The topological polar surface area (TPSA) is 46.4 Å². The Labute approximate surface area is 142 Å². The van der Waals surface area contributed by atoms with E-state index in [0.29, 0.717) is 5.56 Å². The minimum absolute atomic E-state index is 0.245. The van der Waals surface area contributed by atoms with Crippen LogP contribution in [-0.4, -0.2) is 16.7 Å². The lowest BCUT2D eigenvalue weighted by molar-refractivity contribution is 0.0955.